The lowest BCUT2D eigenvalue weighted by Gasteiger charge is -2.42. The summed E-state index contributed by atoms with van der Waals surface area (Å²) in [5, 5.41) is 0.667. The standard InChI is InChI=1S/C14H25B/c1-14(15)8-4-7-12-11-6-3-2-5-10(11)9-13(12)14/h10-13H,2-9,15H2,1H3/t10?,11?,12?,13?,14-/m1/s1. The zero-order valence-corrected chi connectivity index (χ0v) is 10.5. The lowest BCUT2D eigenvalue weighted by atomic mass is 9.53. The maximum atomic E-state index is 2.54. The molecule has 15 heavy (non-hydrogen) atoms. The van der Waals surface area contributed by atoms with E-state index in [-0.39, 0.29) is 0 Å². The largest absolute Gasteiger partial charge is 0.109 e. The Morgan fingerprint density at radius 2 is 1.73 bits per heavy atom. The molecule has 84 valence electrons. The fraction of sp³-hybridized carbons (Fsp3) is 1.00. The SMILES string of the molecule is B[C@]1(C)CCCC2C3CCCCC3CC21. The van der Waals surface area contributed by atoms with Crippen LogP contribution in [0.3, 0.4) is 0 Å². The average molecular weight is 204 g/mol. The van der Waals surface area contributed by atoms with Gasteiger partial charge in [-0.05, 0) is 42.9 Å². The van der Waals surface area contributed by atoms with E-state index in [1.807, 2.05) is 0 Å². The summed E-state index contributed by atoms with van der Waals surface area (Å²) >= 11 is 0. The normalized spacial score (nSPS) is 54.7. The van der Waals surface area contributed by atoms with Crippen molar-refractivity contribution in [3.05, 3.63) is 0 Å². The molecule has 0 bridgehead atoms. The summed E-state index contributed by atoms with van der Waals surface area (Å²) in [6.45, 7) is 2.54. The van der Waals surface area contributed by atoms with Crippen LogP contribution in [0, 0.1) is 23.7 Å². The van der Waals surface area contributed by atoms with Gasteiger partial charge in [0.15, 0.2) is 0 Å². The molecule has 0 radical (unpaired) electrons. The Morgan fingerprint density at radius 1 is 1.00 bits per heavy atom. The lowest BCUT2D eigenvalue weighted by Crippen LogP contribution is -2.31. The molecule has 0 aliphatic heterocycles. The highest BCUT2D eigenvalue weighted by Crippen LogP contribution is 2.61. The van der Waals surface area contributed by atoms with Gasteiger partial charge in [0.1, 0.15) is 7.85 Å². The maximum absolute atomic E-state index is 2.54. The molecule has 0 aromatic heterocycles. The monoisotopic (exact) mass is 204 g/mol. The number of rotatable bonds is 0. The zero-order chi connectivity index (χ0) is 10.5. The Morgan fingerprint density at radius 3 is 2.60 bits per heavy atom. The summed E-state index contributed by atoms with van der Waals surface area (Å²) in [4.78, 5) is 0. The molecular formula is C14H25B. The summed E-state index contributed by atoms with van der Waals surface area (Å²) < 4.78 is 0. The molecule has 3 aliphatic carbocycles. The molecule has 0 spiro atoms. The fourth-order valence-electron chi connectivity index (χ4n) is 5.18. The first-order valence-electron chi connectivity index (χ1n) is 7.18. The highest BCUT2D eigenvalue weighted by atomic mass is 14.5. The first-order chi connectivity index (χ1) is 7.18. The third-order valence-electron chi connectivity index (χ3n) is 5.95. The Kier molecular flexibility index (Phi) is 2.41. The van der Waals surface area contributed by atoms with Gasteiger partial charge in [-0.1, -0.05) is 44.3 Å². The summed E-state index contributed by atoms with van der Waals surface area (Å²) in [5.74, 6) is 4.48. The van der Waals surface area contributed by atoms with E-state index in [0.29, 0.717) is 5.31 Å². The van der Waals surface area contributed by atoms with Crippen molar-refractivity contribution in [1.82, 2.24) is 0 Å². The van der Waals surface area contributed by atoms with E-state index in [2.05, 4.69) is 14.8 Å². The molecule has 0 aromatic rings. The van der Waals surface area contributed by atoms with Crippen molar-refractivity contribution in [3.63, 3.8) is 0 Å². The Bertz CT molecular complexity index is 246. The number of hydrogen-bond acceptors (Lipinski definition) is 0. The Hall–Kier alpha value is 0.0649. The highest BCUT2D eigenvalue weighted by molar-refractivity contribution is 6.15. The minimum atomic E-state index is 0.667. The second-order valence-electron chi connectivity index (χ2n) is 7.10. The van der Waals surface area contributed by atoms with E-state index < -0.39 is 0 Å². The molecule has 0 amide bonds. The van der Waals surface area contributed by atoms with Gasteiger partial charge in [0, 0.05) is 0 Å². The smallest absolute Gasteiger partial charge is 0.0667 e. The summed E-state index contributed by atoms with van der Waals surface area (Å²) in [5.41, 5.74) is 0. The maximum Gasteiger partial charge on any atom is 0.109 e. The summed E-state index contributed by atoms with van der Waals surface area (Å²) in [7, 11) is 2.54. The van der Waals surface area contributed by atoms with Crippen LogP contribution < -0.4 is 0 Å². The van der Waals surface area contributed by atoms with Gasteiger partial charge in [-0.3, -0.25) is 0 Å². The molecule has 0 heterocycles. The Labute approximate surface area is 95.6 Å². The van der Waals surface area contributed by atoms with Gasteiger partial charge in [0.25, 0.3) is 0 Å². The number of hydrogen-bond donors (Lipinski definition) is 0. The van der Waals surface area contributed by atoms with Crippen LogP contribution in [0.4, 0.5) is 0 Å². The predicted molar refractivity (Wildman–Crippen MR) is 67.8 cm³/mol. The van der Waals surface area contributed by atoms with E-state index in [4.69, 9.17) is 0 Å². The number of fused-ring (bicyclic) bond motifs is 3. The minimum absolute atomic E-state index is 0.667. The molecule has 4 unspecified atom stereocenters. The average Bonchev–Trinajstić information content (AvgIpc) is 2.58. The van der Waals surface area contributed by atoms with Crippen LogP contribution in [0.15, 0.2) is 0 Å². The molecule has 0 saturated heterocycles. The minimum Gasteiger partial charge on any atom is -0.0667 e. The van der Waals surface area contributed by atoms with Crippen molar-refractivity contribution < 1.29 is 0 Å². The molecular weight excluding hydrogens is 179 g/mol. The Balaban J connectivity index is 1.83. The van der Waals surface area contributed by atoms with Crippen molar-refractivity contribution >= 4 is 7.85 Å². The molecule has 3 rings (SSSR count). The van der Waals surface area contributed by atoms with Gasteiger partial charge >= 0.3 is 0 Å². The first-order valence-corrected chi connectivity index (χ1v) is 7.18. The molecule has 5 atom stereocenters. The molecule has 3 aliphatic rings. The molecule has 0 N–H and O–H groups in total. The highest BCUT2D eigenvalue weighted by Gasteiger charge is 2.50. The van der Waals surface area contributed by atoms with Crippen molar-refractivity contribution in [1.29, 1.82) is 0 Å². The van der Waals surface area contributed by atoms with Crippen LogP contribution in [0.1, 0.15) is 58.3 Å². The van der Waals surface area contributed by atoms with Crippen LogP contribution >= 0.6 is 0 Å². The van der Waals surface area contributed by atoms with Crippen molar-refractivity contribution in [2.24, 2.45) is 23.7 Å². The van der Waals surface area contributed by atoms with Crippen LogP contribution in [0.2, 0.25) is 5.31 Å². The van der Waals surface area contributed by atoms with Gasteiger partial charge in [-0.15, -0.1) is 0 Å². The van der Waals surface area contributed by atoms with Gasteiger partial charge in [0.2, 0.25) is 0 Å². The lowest BCUT2D eigenvalue weighted by molar-refractivity contribution is 0.157. The second-order valence-corrected chi connectivity index (χ2v) is 7.10. The third kappa shape index (κ3) is 1.57. The van der Waals surface area contributed by atoms with Crippen LogP contribution in [0.5, 0.6) is 0 Å². The van der Waals surface area contributed by atoms with E-state index in [1.165, 1.54) is 25.7 Å². The predicted octanol–water partition coefficient (Wildman–Crippen LogP) is 3.42. The van der Waals surface area contributed by atoms with Crippen molar-refractivity contribution in [2.75, 3.05) is 0 Å². The van der Waals surface area contributed by atoms with Gasteiger partial charge in [-0.25, -0.2) is 0 Å². The van der Waals surface area contributed by atoms with Gasteiger partial charge < -0.3 is 0 Å². The van der Waals surface area contributed by atoms with Gasteiger partial charge in [0.05, 0.1) is 0 Å². The third-order valence-corrected chi connectivity index (χ3v) is 5.95. The van der Waals surface area contributed by atoms with E-state index in [9.17, 15) is 0 Å². The van der Waals surface area contributed by atoms with Crippen LogP contribution in [-0.4, -0.2) is 7.85 Å². The van der Waals surface area contributed by atoms with E-state index in [0.717, 1.165) is 23.7 Å². The molecule has 3 saturated carbocycles. The second kappa shape index (κ2) is 3.53. The van der Waals surface area contributed by atoms with E-state index in [1.54, 1.807) is 25.7 Å². The quantitative estimate of drug-likeness (QED) is 0.530. The van der Waals surface area contributed by atoms with Crippen molar-refractivity contribution in [2.45, 2.75) is 63.6 Å². The summed E-state index contributed by atoms with van der Waals surface area (Å²) in [6.07, 6.45) is 12.4. The molecule has 0 aromatic carbocycles. The zero-order valence-electron chi connectivity index (χ0n) is 10.5. The molecule has 3 fully saturated rings. The topological polar surface area (TPSA) is 0 Å². The fourth-order valence-corrected chi connectivity index (χ4v) is 5.18. The van der Waals surface area contributed by atoms with E-state index >= 15 is 0 Å². The van der Waals surface area contributed by atoms with Gasteiger partial charge in [-0.2, -0.15) is 0 Å². The summed E-state index contributed by atoms with van der Waals surface area (Å²) in [6, 6.07) is 0. The molecule has 1 heteroatoms. The first kappa shape index (κ1) is 10.2. The van der Waals surface area contributed by atoms with Crippen LogP contribution in [-0.2, 0) is 0 Å². The van der Waals surface area contributed by atoms with Crippen molar-refractivity contribution in [3.8, 4) is 0 Å². The molecule has 0 nitrogen and oxygen atoms in total. The van der Waals surface area contributed by atoms with Crippen LogP contribution in [0.25, 0.3) is 0 Å².